The van der Waals surface area contributed by atoms with Gasteiger partial charge in [0.25, 0.3) is 0 Å². The maximum Gasteiger partial charge on any atom is 0.193 e. The summed E-state index contributed by atoms with van der Waals surface area (Å²) in [4.78, 5) is 12.0. The summed E-state index contributed by atoms with van der Waals surface area (Å²) in [5.74, 6) is 1.56. The van der Waals surface area contributed by atoms with Crippen LogP contribution in [0.1, 0.15) is 56.3 Å². The third kappa shape index (κ3) is 5.92. The highest BCUT2D eigenvalue weighted by Gasteiger charge is 2.26. The Kier molecular flexibility index (Phi) is 8.30. The number of hydrogen-bond donors (Lipinski definition) is 1. The van der Waals surface area contributed by atoms with Gasteiger partial charge >= 0.3 is 0 Å². The van der Waals surface area contributed by atoms with Gasteiger partial charge in [0.1, 0.15) is 0 Å². The maximum absolute atomic E-state index is 4.87. The molecular formula is C20H33IN6S. The molecule has 0 aromatic carbocycles. The average molecular weight is 516 g/mol. The molecule has 156 valence electrons. The van der Waals surface area contributed by atoms with Crippen LogP contribution in [0.25, 0.3) is 0 Å². The van der Waals surface area contributed by atoms with Crippen molar-refractivity contribution in [2.75, 3.05) is 26.2 Å². The van der Waals surface area contributed by atoms with Crippen LogP contribution in [0.3, 0.4) is 0 Å². The number of aryl methyl sites for hydroxylation is 1. The van der Waals surface area contributed by atoms with Crippen LogP contribution < -0.4 is 5.32 Å². The van der Waals surface area contributed by atoms with E-state index in [1.54, 1.807) is 11.3 Å². The minimum absolute atomic E-state index is 0. The average Bonchev–Trinajstić information content (AvgIpc) is 3.33. The first-order chi connectivity index (χ1) is 12.9. The number of aromatic nitrogens is 3. The van der Waals surface area contributed by atoms with Gasteiger partial charge in [0.05, 0.1) is 16.9 Å². The van der Waals surface area contributed by atoms with Crippen LogP contribution in [0.5, 0.6) is 0 Å². The predicted octanol–water partition coefficient (Wildman–Crippen LogP) is 3.79. The van der Waals surface area contributed by atoms with Gasteiger partial charge in [-0.05, 0) is 18.9 Å². The van der Waals surface area contributed by atoms with Crippen LogP contribution in [0, 0.1) is 0 Å². The van der Waals surface area contributed by atoms with Gasteiger partial charge in [-0.15, -0.1) is 35.3 Å². The lowest BCUT2D eigenvalue weighted by atomic mass is 9.93. The minimum Gasteiger partial charge on any atom is -0.357 e. The molecule has 1 saturated heterocycles. The molecule has 1 fully saturated rings. The number of rotatable bonds is 5. The first kappa shape index (κ1) is 23.1. The van der Waals surface area contributed by atoms with Crippen molar-refractivity contribution in [1.29, 1.82) is 0 Å². The molecule has 28 heavy (non-hydrogen) atoms. The van der Waals surface area contributed by atoms with Crippen molar-refractivity contribution in [3.8, 4) is 0 Å². The summed E-state index contributed by atoms with van der Waals surface area (Å²) in [6.45, 7) is 12.4. The molecule has 0 saturated carbocycles. The standard InChI is InChI=1S/C20H32N6S.HI/c1-6-21-19(22-9-7-18-24-17(14-27-18)20(2,3)4)26-10-8-15(13-26)16-11-23-25(5)12-16;/h11-12,14-15H,6-10,13H2,1-5H3,(H,21,22);1H. The number of halogens is 1. The van der Waals surface area contributed by atoms with Gasteiger partial charge < -0.3 is 10.2 Å². The summed E-state index contributed by atoms with van der Waals surface area (Å²) in [5, 5.41) is 11.1. The monoisotopic (exact) mass is 516 g/mol. The summed E-state index contributed by atoms with van der Waals surface area (Å²) in [5.41, 5.74) is 2.62. The smallest absolute Gasteiger partial charge is 0.193 e. The van der Waals surface area contributed by atoms with Crippen LogP contribution in [0.15, 0.2) is 22.8 Å². The molecule has 8 heteroatoms. The normalized spacial score (nSPS) is 17.7. The van der Waals surface area contributed by atoms with Gasteiger partial charge in [0, 0.05) is 62.6 Å². The van der Waals surface area contributed by atoms with Crippen molar-refractivity contribution in [2.24, 2.45) is 12.0 Å². The van der Waals surface area contributed by atoms with Crippen molar-refractivity contribution >= 4 is 41.3 Å². The zero-order valence-corrected chi connectivity index (χ0v) is 20.8. The predicted molar refractivity (Wildman–Crippen MR) is 128 cm³/mol. The third-order valence-corrected chi connectivity index (χ3v) is 5.83. The SMILES string of the molecule is CCNC(=NCCc1nc(C(C)(C)C)cs1)N1CCC(c2cnn(C)c2)C1.I. The maximum atomic E-state index is 4.87. The zero-order valence-electron chi connectivity index (χ0n) is 17.6. The Labute approximate surface area is 189 Å². The summed E-state index contributed by atoms with van der Waals surface area (Å²) in [6.07, 6.45) is 6.17. The quantitative estimate of drug-likeness (QED) is 0.373. The van der Waals surface area contributed by atoms with E-state index in [2.05, 4.69) is 54.6 Å². The lowest BCUT2D eigenvalue weighted by molar-refractivity contribution is 0.486. The molecule has 1 unspecified atom stereocenters. The molecule has 2 aromatic heterocycles. The molecule has 0 spiro atoms. The highest BCUT2D eigenvalue weighted by Crippen LogP contribution is 2.27. The lowest BCUT2D eigenvalue weighted by Gasteiger charge is -2.21. The number of thiazole rings is 1. The molecule has 0 bridgehead atoms. The molecule has 3 heterocycles. The van der Waals surface area contributed by atoms with Crippen molar-refractivity contribution in [3.05, 3.63) is 34.0 Å². The lowest BCUT2D eigenvalue weighted by Crippen LogP contribution is -2.40. The van der Waals surface area contributed by atoms with Crippen molar-refractivity contribution < 1.29 is 0 Å². The van der Waals surface area contributed by atoms with Crippen molar-refractivity contribution in [1.82, 2.24) is 25.0 Å². The van der Waals surface area contributed by atoms with Crippen LogP contribution in [-0.4, -0.2) is 51.8 Å². The topological polar surface area (TPSA) is 58.3 Å². The number of nitrogens with one attached hydrogen (secondary N) is 1. The second-order valence-electron chi connectivity index (χ2n) is 8.24. The molecule has 0 amide bonds. The number of hydrogen-bond acceptors (Lipinski definition) is 4. The van der Waals surface area contributed by atoms with E-state index in [-0.39, 0.29) is 29.4 Å². The summed E-state index contributed by atoms with van der Waals surface area (Å²) >= 11 is 1.75. The molecule has 2 aromatic rings. The number of aliphatic imine (C=N–C) groups is 1. The first-order valence-corrected chi connectivity index (χ1v) is 10.7. The van der Waals surface area contributed by atoms with Gasteiger partial charge in [-0.25, -0.2) is 4.98 Å². The number of likely N-dealkylation sites (tertiary alicyclic amines) is 1. The second-order valence-corrected chi connectivity index (χ2v) is 9.18. The number of guanidine groups is 1. The van der Waals surface area contributed by atoms with Crippen LogP contribution >= 0.6 is 35.3 Å². The Hall–Kier alpha value is -1.16. The Balaban J connectivity index is 0.00000280. The van der Waals surface area contributed by atoms with E-state index in [0.717, 1.165) is 45.0 Å². The molecule has 1 aliphatic rings. The summed E-state index contributed by atoms with van der Waals surface area (Å²) < 4.78 is 1.89. The first-order valence-electron chi connectivity index (χ1n) is 9.83. The summed E-state index contributed by atoms with van der Waals surface area (Å²) in [6, 6.07) is 0. The molecule has 1 aliphatic heterocycles. The van der Waals surface area contributed by atoms with E-state index in [4.69, 9.17) is 9.98 Å². The molecular weight excluding hydrogens is 483 g/mol. The fourth-order valence-corrected chi connectivity index (χ4v) is 4.34. The minimum atomic E-state index is 0. The Morgan fingerprint density at radius 3 is 2.79 bits per heavy atom. The second kappa shape index (κ2) is 10.0. The Morgan fingerprint density at radius 2 is 2.18 bits per heavy atom. The van der Waals surface area contributed by atoms with Gasteiger partial charge in [-0.3, -0.25) is 9.67 Å². The third-order valence-electron chi connectivity index (χ3n) is 4.93. The van der Waals surface area contributed by atoms with E-state index < -0.39 is 0 Å². The molecule has 1 N–H and O–H groups in total. The molecule has 1 atom stereocenters. The molecule has 6 nitrogen and oxygen atoms in total. The van der Waals surface area contributed by atoms with Crippen LogP contribution in [0.2, 0.25) is 0 Å². The zero-order chi connectivity index (χ0) is 19.4. The van der Waals surface area contributed by atoms with Gasteiger partial charge in [-0.2, -0.15) is 5.10 Å². The fourth-order valence-electron chi connectivity index (χ4n) is 3.33. The van der Waals surface area contributed by atoms with E-state index in [1.807, 2.05) is 17.9 Å². The summed E-state index contributed by atoms with van der Waals surface area (Å²) in [7, 11) is 1.98. The van der Waals surface area contributed by atoms with Crippen LogP contribution in [-0.2, 0) is 18.9 Å². The Morgan fingerprint density at radius 1 is 1.39 bits per heavy atom. The largest absolute Gasteiger partial charge is 0.357 e. The van der Waals surface area contributed by atoms with Gasteiger partial charge in [-0.1, -0.05) is 20.8 Å². The van der Waals surface area contributed by atoms with E-state index >= 15 is 0 Å². The Bertz CT molecular complexity index is 776. The molecule has 0 aliphatic carbocycles. The van der Waals surface area contributed by atoms with E-state index in [1.165, 1.54) is 16.3 Å². The highest BCUT2D eigenvalue weighted by molar-refractivity contribution is 14.0. The van der Waals surface area contributed by atoms with Gasteiger partial charge in [0.2, 0.25) is 0 Å². The highest BCUT2D eigenvalue weighted by atomic mass is 127. The van der Waals surface area contributed by atoms with Gasteiger partial charge in [0.15, 0.2) is 5.96 Å². The fraction of sp³-hybridized carbons (Fsp3) is 0.650. The molecule has 0 radical (unpaired) electrons. The van der Waals surface area contributed by atoms with Crippen molar-refractivity contribution in [3.63, 3.8) is 0 Å². The van der Waals surface area contributed by atoms with E-state index in [0.29, 0.717) is 5.92 Å². The number of nitrogens with zero attached hydrogens (tertiary/aromatic N) is 5. The molecule has 3 rings (SSSR count). The van der Waals surface area contributed by atoms with Crippen LogP contribution in [0.4, 0.5) is 0 Å². The van der Waals surface area contributed by atoms with E-state index in [9.17, 15) is 0 Å². The van der Waals surface area contributed by atoms with Crippen molar-refractivity contribution in [2.45, 2.75) is 51.9 Å².